The summed E-state index contributed by atoms with van der Waals surface area (Å²) in [6.45, 7) is 1.94. The van der Waals surface area contributed by atoms with Crippen molar-refractivity contribution in [1.29, 1.82) is 0 Å². The number of hydrogen-bond donors (Lipinski definition) is 2. The minimum Gasteiger partial charge on any atom is -0.462 e. The van der Waals surface area contributed by atoms with Crippen LogP contribution >= 0.6 is 23.1 Å². The van der Waals surface area contributed by atoms with E-state index in [0.29, 0.717) is 20.7 Å². The Morgan fingerprint density at radius 1 is 1.03 bits per heavy atom. The molecule has 2 amide bonds. The topological polar surface area (TPSA) is 110 Å². The number of carbonyl (C=O) groups is 3. The first-order chi connectivity index (χ1) is 15.4. The van der Waals surface area contributed by atoms with Gasteiger partial charge in [0, 0.05) is 0 Å². The second kappa shape index (κ2) is 11.3. The van der Waals surface area contributed by atoms with Gasteiger partial charge in [0.15, 0.2) is 4.34 Å². The molecule has 32 heavy (non-hydrogen) atoms. The number of thioether (sulfide) groups is 1. The molecule has 1 heterocycles. The second-order valence-corrected chi connectivity index (χ2v) is 8.53. The van der Waals surface area contributed by atoms with Crippen LogP contribution in [0.4, 0.5) is 15.2 Å². The van der Waals surface area contributed by atoms with Crippen molar-refractivity contribution in [3.05, 3.63) is 65.5 Å². The molecule has 0 bridgehead atoms. The van der Waals surface area contributed by atoms with Gasteiger partial charge >= 0.3 is 5.97 Å². The Hall–Kier alpha value is -3.31. The third kappa shape index (κ3) is 6.86. The molecule has 0 atom stereocenters. The molecule has 2 aromatic carbocycles. The molecule has 0 saturated heterocycles. The average Bonchev–Trinajstić information content (AvgIpc) is 3.21. The normalized spacial score (nSPS) is 10.4. The highest BCUT2D eigenvalue weighted by molar-refractivity contribution is 8.01. The number of anilines is 2. The number of nitrogens with zero attached hydrogens (tertiary/aromatic N) is 2. The molecule has 0 aliphatic carbocycles. The van der Waals surface area contributed by atoms with Crippen molar-refractivity contribution in [1.82, 2.24) is 10.2 Å². The molecule has 0 fully saturated rings. The van der Waals surface area contributed by atoms with Crippen LogP contribution in [0.25, 0.3) is 0 Å². The maximum absolute atomic E-state index is 12.9. The Labute approximate surface area is 191 Å². The van der Waals surface area contributed by atoms with Crippen LogP contribution in [0.3, 0.4) is 0 Å². The van der Waals surface area contributed by atoms with Gasteiger partial charge in [0.05, 0.1) is 30.0 Å². The number of amides is 2. The van der Waals surface area contributed by atoms with Crippen LogP contribution in [0.2, 0.25) is 0 Å². The Bertz CT molecular complexity index is 1110. The van der Waals surface area contributed by atoms with E-state index in [1.54, 1.807) is 31.2 Å². The number of nitrogens with one attached hydrogen (secondary N) is 2. The van der Waals surface area contributed by atoms with Crippen molar-refractivity contribution < 1.29 is 23.5 Å². The molecule has 0 radical (unpaired) electrons. The molecule has 3 rings (SSSR count). The number of esters is 1. The maximum atomic E-state index is 12.9. The zero-order chi connectivity index (χ0) is 22.9. The lowest BCUT2D eigenvalue weighted by molar-refractivity contribution is -0.115. The number of carbonyl (C=O) groups excluding carboxylic acids is 3. The molecule has 3 aromatic rings. The summed E-state index contributed by atoms with van der Waals surface area (Å²) in [6, 6.07) is 12.2. The van der Waals surface area contributed by atoms with Gasteiger partial charge in [-0.05, 0) is 36.8 Å². The highest BCUT2D eigenvalue weighted by Gasteiger charge is 2.15. The molecule has 166 valence electrons. The van der Waals surface area contributed by atoms with E-state index in [1.807, 2.05) is 0 Å². The predicted molar refractivity (Wildman–Crippen MR) is 120 cm³/mol. The van der Waals surface area contributed by atoms with Crippen LogP contribution < -0.4 is 10.6 Å². The van der Waals surface area contributed by atoms with Crippen LogP contribution in [-0.4, -0.2) is 40.3 Å². The highest BCUT2D eigenvalue weighted by Crippen LogP contribution is 2.26. The van der Waals surface area contributed by atoms with E-state index in [-0.39, 0.29) is 42.0 Å². The van der Waals surface area contributed by atoms with Gasteiger partial charge in [-0.1, -0.05) is 47.4 Å². The number of halogens is 1. The van der Waals surface area contributed by atoms with Gasteiger partial charge in [-0.3, -0.25) is 9.59 Å². The quantitative estimate of drug-likeness (QED) is 0.276. The van der Waals surface area contributed by atoms with Gasteiger partial charge in [-0.15, -0.1) is 10.2 Å². The van der Waals surface area contributed by atoms with Crippen molar-refractivity contribution in [2.75, 3.05) is 23.0 Å². The molecular formula is C21H19FN4O4S2. The van der Waals surface area contributed by atoms with Crippen molar-refractivity contribution in [3.8, 4) is 0 Å². The van der Waals surface area contributed by atoms with E-state index in [9.17, 15) is 18.8 Å². The summed E-state index contributed by atoms with van der Waals surface area (Å²) in [4.78, 5) is 36.4. The van der Waals surface area contributed by atoms with Gasteiger partial charge in [0.25, 0.3) is 0 Å². The van der Waals surface area contributed by atoms with Gasteiger partial charge in [0.1, 0.15) is 5.82 Å². The van der Waals surface area contributed by atoms with Crippen molar-refractivity contribution >= 4 is 51.7 Å². The van der Waals surface area contributed by atoms with Crippen molar-refractivity contribution in [3.63, 3.8) is 0 Å². The van der Waals surface area contributed by atoms with E-state index >= 15 is 0 Å². The number of aromatic nitrogens is 2. The predicted octanol–water partition coefficient (Wildman–Crippen LogP) is 3.77. The molecule has 0 aliphatic rings. The Morgan fingerprint density at radius 2 is 1.78 bits per heavy atom. The van der Waals surface area contributed by atoms with Crippen molar-refractivity contribution in [2.45, 2.75) is 17.7 Å². The summed E-state index contributed by atoms with van der Waals surface area (Å²) in [5, 5.41) is 13.5. The fourth-order valence-corrected chi connectivity index (χ4v) is 4.13. The summed E-state index contributed by atoms with van der Waals surface area (Å²) in [6.07, 6.45) is 0.0740. The van der Waals surface area contributed by atoms with E-state index < -0.39 is 5.97 Å². The molecule has 11 heteroatoms. The molecule has 0 saturated carbocycles. The summed E-state index contributed by atoms with van der Waals surface area (Å²) < 4.78 is 18.4. The standard InChI is InChI=1S/C21H19FN4O4S2/c1-2-30-19(29)15-5-3-4-6-16(15)23-18(28)12-31-21-26-25-20(32-21)24-17(27)11-13-7-9-14(22)10-8-13/h3-10H,2,11-12H2,1H3,(H,23,28)(H,24,25,27). The number of hydrogen-bond acceptors (Lipinski definition) is 8. The Morgan fingerprint density at radius 3 is 2.53 bits per heavy atom. The Balaban J connectivity index is 1.50. The minimum atomic E-state index is -0.513. The van der Waals surface area contributed by atoms with Gasteiger partial charge in [-0.2, -0.15) is 0 Å². The van der Waals surface area contributed by atoms with E-state index in [0.717, 1.165) is 23.1 Å². The molecule has 0 spiro atoms. The second-order valence-electron chi connectivity index (χ2n) is 6.33. The number of para-hydroxylation sites is 1. The van der Waals surface area contributed by atoms with Crippen LogP contribution in [0.1, 0.15) is 22.8 Å². The molecule has 0 aliphatic heterocycles. The lowest BCUT2D eigenvalue weighted by atomic mass is 10.1. The maximum Gasteiger partial charge on any atom is 0.340 e. The summed E-state index contributed by atoms with van der Waals surface area (Å²) in [5.41, 5.74) is 1.31. The molecular weight excluding hydrogens is 455 g/mol. The molecule has 1 aromatic heterocycles. The van der Waals surface area contributed by atoms with Crippen molar-refractivity contribution in [2.24, 2.45) is 0 Å². The van der Waals surface area contributed by atoms with E-state index in [2.05, 4.69) is 20.8 Å². The third-order valence-corrected chi connectivity index (χ3v) is 5.93. The summed E-state index contributed by atoms with van der Waals surface area (Å²) in [7, 11) is 0. The minimum absolute atomic E-state index is 0.0370. The fourth-order valence-electron chi connectivity index (χ4n) is 2.56. The van der Waals surface area contributed by atoms with Crippen LogP contribution in [-0.2, 0) is 20.7 Å². The fraction of sp³-hybridized carbons (Fsp3) is 0.190. The van der Waals surface area contributed by atoms with Crippen LogP contribution in [0.15, 0.2) is 52.9 Å². The SMILES string of the molecule is CCOC(=O)c1ccccc1NC(=O)CSc1nnc(NC(=O)Cc2ccc(F)cc2)s1. The first kappa shape index (κ1) is 23.4. The zero-order valence-corrected chi connectivity index (χ0v) is 18.6. The van der Waals surface area contributed by atoms with Crippen LogP contribution in [0, 0.1) is 5.82 Å². The first-order valence-corrected chi connectivity index (χ1v) is 11.3. The van der Waals surface area contributed by atoms with Gasteiger partial charge in [-0.25, -0.2) is 9.18 Å². The average molecular weight is 475 g/mol. The van der Waals surface area contributed by atoms with Gasteiger partial charge in [0.2, 0.25) is 16.9 Å². The van der Waals surface area contributed by atoms with E-state index in [4.69, 9.17) is 4.74 Å². The highest BCUT2D eigenvalue weighted by atomic mass is 32.2. The summed E-state index contributed by atoms with van der Waals surface area (Å²) >= 11 is 2.28. The lowest BCUT2D eigenvalue weighted by Gasteiger charge is -2.09. The number of rotatable bonds is 9. The number of benzene rings is 2. The molecule has 2 N–H and O–H groups in total. The third-order valence-electron chi connectivity index (χ3n) is 3.95. The first-order valence-electron chi connectivity index (χ1n) is 9.51. The zero-order valence-electron chi connectivity index (χ0n) is 17.0. The lowest BCUT2D eigenvalue weighted by Crippen LogP contribution is -2.17. The smallest absolute Gasteiger partial charge is 0.340 e. The van der Waals surface area contributed by atoms with Crippen LogP contribution in [0.5, 0.6) is 0 Å². The monoisotopic (exact) mass is 474 g/mol. The van der Waals surface area contributed by atoms with E-state index in [1.165, 1.54) is 24.3 Å². The Kier molecular flexibility index (Phi) is 8.28. The molecule has 0 unspecified atom stereocenters. The number of ether oxygens (including phenoxy) is 1. The molecule has 8 nitrogen and oxygen atoms in total. The summed E-state index contributed by atoms with van der Waals surface area (Å²) in [5.74, 6) is -1.48. The largest absolute Gasteiger partial charge is 0.462 e. The van der Waals surface area contributed by atoms with Gasteiger partial charge < -0.3 is 15.4 Å².